The lowest BCUT2D eigenvalue weighted by molar-refractivity contribution is -0.384. The van der Waals surface area contributed by atoms with Crippen LogP contribution < -0.4 is 5.73 Å². The third-order valence-corrected chi connectivity index (χ3v) is 3.38. The molecule has 0 aliphatic rings. The number of nitro benzene ring substituents is 1. The summed E-state index contributed by atoms with van der Waals surface area (Å²) in [5.74, 6) is 0.115. The molecule has 0 bridgehead atoms. The molecule has 0 saturated heterocycles. The highest BCUT2D eigenvalue weighted by Crippen LogP contribution is 2.31. The number of hydrogen-bond acceptors (Lipinski definition) is 5. The first-order valence-corrected chi connectivity index (χ1v) is 6.70. The van der Waals surface area contributed by atoms with E-state index in [4.69, 9.17) is 5.73 Å². The van der Waals surface area contributed by atoms with Crippen LogP contribution in [0.15, 0.2) is 54.6 Å². The number of aromatic nitrogens is 2. The summed E-state index contributed by atoms with van der Waals surface area (Å²) in [4.78, 5) is 10.3. The van der Waals surface area contributed by atoms with Crippen molar-refractivity contribution in [2.45, 2.75) is 0 Å². The van der Waals surface area contributed by atoms with Crippen molar-refractivity contribution in [2.24, 2.45) is 0 Å². The van der Waals surface area contributed by atoms with Gasteiger partial charge in [0.2, 0.25) is 0 Å². The van der Waals surface area contributed by atoms with Crippen LogP contribution in [0.4, 0.5) is 11.5 Å². The Labute approximate surface area is 131 Å². The minimum absolute atomic E-state index is 0.0222. The predicted octanol–water partition coefficient (Wildman–Crippen LogP) is 2.90. The van der Waals surface area contributed by atoms with Crippen LogP contribution in [0.1, 0.15) is 5.56 Å². The molecule has 0 spiro atoms. The zero-order valence-corrected chi connectivity index (χ0v) is 11.9. The lowest BCUT2D eigenvalue weighted by Crippen LogP contribution is -1.99. The van der Waals surface area contributed by atoms with E-state index in [1.807, 2.05) is 36.4 Å². The Balaban J connectivity index is 2.22. The van der Waals surface area contributed by atoms with Crippen molar-refractivity contribution in [3.8, 4) is 23.0 Å². The Kier molecular flexibility index (Phi) is 3.49. The van der Waals surface area contributed by atoms with Gasteiger partial charge in [-0.05, 0) is 24.3 Å². The van der Waals surface area contributed by atoms with Gasteiger partial charge in [-0.1, -0.05) is 18.2 Å². The molecular formula is C16H11N5O2. The van der Waals surface area contributed by atoms with E-state index in [0.29, 0.717) is 11.3 Å². The number of non-ortho nitro benzene ring substituents is 1. The molecule has 3 aromatic rings. The number of nitriles is 1. The Morgan fingerprint density at radius 1 is 1.13 bits per heavy atom. The maximum absolute atomic E-state index is 10.8. The van der Waals surface area contributed by atoms with Crippen molar-refractivity contribution in [2.75, 3.05) is 5.73 Å². The van der Waals surface area contributed by atoms with Crippen LogP contribution in [-0.2, 0) is 0 Å². The molecule has 1 aromatic heterocycles. The summed E-state index contributed by atoms with van der Waals surface area (Å²) in [7, 11) is 0. The Bertz CT molecular complexity index is 908. The first-order chi connectivity index (χ1) is 11.1. The van der Waals surface area contributed by atoms with Crippen molar-refractivity contribution in [3.63, 3.8) is 0 Å². The third-order valence-electron chi connectivity index (χ3n) is 3.38. The quantitative estimate of drug-likeness (QED) is 0.590. The van der Waals surface area contributed by atoms with Crippen LogP contribution in [0.3, 0.4) is 0 Å². The average molecular weight is 305 g/mol. The highest BCUT2D eigenvalue weighted by atomic mass is 16.6. The second-order valence-corrected chi connectivity index (χ2v) is 4.77. The Hall–Kier alpha value is -3.66. The fourth-order valence-electron chi connectivity index (χ4n) is 2.31. The van der Waals surface area contributed by atoms with Gasteiger partial charge < -0.3 is 5.73 Å². The highest BCUT2D eigenvalue weighted by Gasteiger charge is 2.19. The number of nitrogens with zero attached hydrogens (tertiary/aromatic N) is 4. The van der Waals surface area contributed by atoms with Gasteiger partial charge >= 0.3 is 0 Å². The number of nitro groups is 1. The second-order valence-electron chi connectivity index (χ2n) is 4.77. The van der Waals surface area contributed by atoms with Crippen molar-refractivity contribution < 1.29 is 4.92 Å². The number of nitrogen functional groups attached to an aromatic ring is 1. The molecule has 7 nitrogen and oxygen atoms in total. The van der Waals surface area contributed by atoms with Gasteiger partial charge in [-0.3, -0.25) is 10.1 Å². The highest BCUT2D eigenvalue weighted by molar-refractivity contribution is 5.75. The van der Waals surface area contributed by atoms with E-state index in [0.717, 1.165) is 5.69 Å². The van der Waals surface area contributed by atoms with Crippen LogP contribution >= 0.6 is 0 Å². The minimum atomic E-state index is -0.474. The summed E-state index contributed by atoms with van der Waals surface area (Å²) < 4.78 is 1.56. The zero-order chi connectivity index (χ0) is 16.4. The molecule has 7 heteroatoms. The van der Waals surface area contributed by atoms with Crippen LogP contribution in [0.2, 0.25) is 0 Å². The molecule has 3 rings (SSSR count). The van der Waals surface area contributed by atoms with Gasteiger partial charge in [0.05, 0.1) is 16.3 Å². The normalized spacial score (nSPS) is 10.2. The van der Waals surface area contributed by atoms with Gasteiger partial charge in [0, 0.05) is 17.7 Å². The number of rotatable bonds is 3. The molecule has 0 atom stereocenters. The smallest absolute Gasteiger partial charge is 0.269 e. The zero-order valence-electron chi connectivity index (χ0n) is 11.9. The molecule has 0 aliphatic carbocycles. The van der Waals surface area contributed by atoms with Crippen molar-refractivity contribution in [3.05, 3.63) is 70.3 Å². The van der Waals surface area contributed by atoms with Crippen LogP contribution in [0.25, 0.3) is 16.9 Å². The molecule has 1 heterocycles. The van der Waals surface area contributed by atoms with Crippen molar-refractivity contribution in [1.82, 2.24) is 9.78 Å². The number of benzene rings is 2. The maximum Gasteiger partial charge on any atom is 0.269 e. The van der Waals surface area contributed by atoms with E-state index in [2.05, 4.69) is 5.10 Å². The first-order valence-electron chi connectivity index (χ1n) is 6.70. The van der Waals surface area contributed by atoms with Gasteiger partial charge in [0.25, 0.3) is 5.69 Å². The lowest BCUT2D eigenvalue weighted by Gasteiger charge is -2.07. The van der Waals surface area contributed by atoms with E-state index in [1.54, 1.807) is 16.8 Å². The summed E-state index contributed by atoms with van der Waals surface area (Å²) in [6.07, 6.45) is 0. The summed E-state index contributed by atoms with van der Waals surface area (Å²) in [5.41, 5.74) is 7.93. The number of nitrogens with two attached hydrogens (primary N) is 1. The molecule has 2 aromatic carbocycles. The van der Waals surface area contributed by atoms with Gasteiger partial charge in [-0.15, -0.1) is 5.10 Å². The average Bonchev–Trinajstić information content (AvgIpc) is 2.92. The van der Waals surface area contributed by atoms with Gasteiger partial charge in [0.15, 0.2) is 5.82 Å². The van der Waals surface area contributed by atoms with Crippen molar-refractivity contribution in [1.29, 1.82) is 5.26 Å². The van der Waals surface area contributed by atoms with E-state index in [9.17, 15) is 15.4 Å². The lowest BCUT2D eigenvalue weighted by atomic mass is 10.1. The fraction of sp³-hybridized carbons (Fsp3) is 0. The molecular weight excluding hydrogens is 294 g/mol. The van der Waals surface area contributed by atoms with Gasteiger partial charge in [-0.2, -0.15) is 5.26 Å². The summed E-state index contributed by atoms with van der Waals surface area (Å²) in [6, 6.07) is 17.2. The minimum Gasteiger partial charge on any atom is -0.381 e. The standard InChI is InChI=1S/C16H11N5O2/c17-10-14-15(11-6-8-13(9-7-11)21(22)23)20(19-16(14)18)12-4-2-1-3-5-12/h1-9H,(H2,18,19). The predicted molar refractivity (Wildman–Crippen MR) is 84.8 cm³/mol. The van der Waals surface area contributed by atoms with Crippen LogP contribution in [0, 0.1) is 21.4 Å². The molecule has 0 saturated carbocycles. The first kappa shape index (κ1) is 14.3. The molecule has 0 radical (unpaired) electrons. The summed E-state index contributed by atoms with van der Waals surface area (Å²) in [5, 5.41) is 24.4. The summed E-state index contributed by atoms with van der Waals surface area (Å²) >= 11 is 0. The molecule has 0 aliphatic heterocycles. The van der Waals surface area contributed by atoms with Crippen LogP contribution in [-0.4, -0.2) is 14.7 Å². The Morgan fingerprint density at radius 3 is 2.35 bits per heavy atom. The van der Waals surface area contributed by atoms with Gasteiger partial charge in [-0.25, -0.2) is 4.68 Å². The molecule has 2 N–H and O–H groups in total. The monoisotopic (exact) mass is 305 g/mol. The van der Waals surface area contributed by atoms with E-state index < -0.39 is 4.92 Å². The largest absolute Gasteiger partial charge is 0.381 e. The second kappa shape index (κ2) is 5.61. The fourth-order valence-corrected chi connectivity index (χ4v) is 2.31. The van der Waals surface area contributed by atoms with E-state index in [1.165, 1.54) is 12.1 Å². The van der Waals surface area contributed by atoms with E-state index in [-0.39, 0.29) is 17.1 Å². The van der Waals surface area contributed by atoms with Crippen LogP contribution in [0.5, 0.6) is 0 Å². The number of para-hydroxylation sites is 1. The number of anilines is 1. The molecule has 112 valence electrons. The molecule has 0 amide bonds. The molecule has 23 heavy (non-hydrogen) atoms. The van der Waals surface area contributed by atoms with E-state index >= 15 is 0 Å². The van der Waals surface area contributed by atoms with Gasteiger partial charge in [0.1, 0.15) is 11.6 Å². The van der Waals surface area contributed by atoms with Crippen molar-refractivity contribution >= 4 is 11.5 Å². The number of hydrogen-bond donors (Lipinski definition) is 1. The summed E-state index contributed by atoms with van der Waals surface area (Å²) in [6.45, 7) is 0. The SMILES string of the molecule is N#Cc1c(N)nn(-c2ccccc2)c1-c1ccc([N+](=O)[O-])cc1. The Morgan fingerprint density at radius 2 is 1.78 bits per heavy atom. The molecule has 0 unspecified atom stereocenters. The molecule has 0 fully saturated rings. The third kappa shape index (κ3) is 2.49. The maximum atomic E-state index is 10.8. The topological polar surface area (TPSA) is 111 Å².